The number of aromatic nitrogens is 1. The molecule has 6 nitrogen and oxygen atoms in total. The number of carboxylic acid groups (broad SMARTS) is 1. The van der Waals surface area contributed by atoms with Crippen molar-refractivity contribution in [2.24, 2.45) is 0 Å². The molecule has 18 heavy (non-hydrogen) atoms. The fourth-order valence-electron chi connectivity index (χ4n) is 1.88. The summed E-state index contributed by atoms with van der Waals surface area (Å²) in [5, 5.41) is 9.10. The summed E-state index contributed by atoms with van der Waals surface area (Å²) >= 11 is 0. The van der Waals surface area contributed by atoms with Crippen LogP contribution in [0.3, 0.4) is 0 Å². The molecule has 1 fully saturated rings. The normalized spacial score (nSPS) is 18.6. The van der Waals surface area contributed by atoms with Crippen LogP contribution in [0.5, 0.6) is 0 Å². The molecule has 2 rings (SSSR count). The van der Waals surface area contributed by atoms with Gasteiger partial charge in [0.05, 0.1) is 11.5 Å². The molecule has 1 aromatic rings. The zero-order chi connectivity index (χ0) is 13.3. The predicted octanol–water partition coefficient (Wildman–Crippen LogP) is 0.323. The number of hydrogen-bond acceptors (Lipinski definition) is 5. The highest BCUT2D eigenvalue weighted by Gasteiger charge is 2.25. The van der Waals surface area contributed by atoms with Crippen molar-refractivity contribution in [3.63, 3.8) is 0 Å². The van der Waals surface area contributed by atoms with Gasteiger partial charge in [-0.15, -0.1) is 0 Å². The molecule has 1 N–H and O–H groups in total. The van der Waals surface area contributed by atoms with E-state index in [1.807, 2.05) is 0 Å². The Labute approximate surface area is 105 Å². The van der Waals surface area contributed by atoms with Crippen LogP contribution in [-0.4, -0.2) is 49.1 Å². The lowest BCUT2D eigenvalue weighted by Crippen LogP contribution is -2.41. The smallest absolute Gasteiger partial charge is 0.339 e. The number of carbonyl (C=O) groups is 1. The number of carboxylic acids is 1. The first-order valence-electron chi connectivity index (χ1n) is 5.55. The van der Waals surface area contributed by atoms with Gasteiger partial charge in [0.15, 0.2) is 9.84 Å². The molecule has 0 unspecified atom stereocenters. The topological polar surface area (TPSA) is 87.6 Å². The Morgan fingerprint density at radius 1 is 1.33 bits per heavy atom. The number of rotatable bonds is 2. The van der Waals surface area contributed by atoms with Gasteiger partial charge in [-0.05, 0) is 19.1 Å². The van der Waals surface area contributed by atoms with Crippen molar-refractivity contribution in [2.75, 3.05) is 29.5 Å². The minimum atomic E-state index is -2.98. The van der Waals surface area contributed by atoms with Crippen molar-refractivity contribution in [1.82, 2.24) is 4.98 Å². The third kappa shape index (κ3) is 2.61. The number of nitrogens with zero attached hydrogens (tertiary/aromatic N) is 2. The number of hydrogen-bond donors (Lipinski definition) is 1. The van der Waals surface area contributed by atoms with Gasteiger partial charge in [-0.25, -0.2) is 18.2 Å². The van der Waals surface area contributed by atoms with E-state index in [4.69, 9.17) is 5.11 Å². The highest BCUT2D eigenvalue weighted by Crippen LogP contribution is 2.20. The van der Waals surface area contributed by atoms with Crippen molar-refractivity contribution in [1.29, 1.82) is 0 Å². The molecule has 0 amide bonds. The Balaban J connectivity index is 2.33. The standard InChI is InChI=1S/C11H14N2O4S/c1-8-2-3-9(11(14)15)10(12-8)13-4-6-18(16,17)7-5-13/h2-3H,4-7H2,1H3,(H,14,15). The number of aromatic carboxylic acids is 1. The average molecular weight is 270 g/mol. The minimum Gasteiger partial charge on any atom is -0.478 e. The van der Waals surface area contributed by atoms with E-state index in [2.05, 4.69) is 4.98 Å². The number of aryl methyl sites for hydroxylation is 1. The lowest BCUT2D eigenvalue weighted by molar-refractivity contribution is 0.0697. The van der Waals surface area contributed by atoms with E-state index in [9.17, 15) is 13.2 Å². The van der Waals surface area contributed by atoms with Crippen LogP contribution in [0, 0.1) is 6.92 Å². The largest absolute Gasteiger partial charge is 0.478 e. The predicted molar refractivity (Wildman–Crippen MR) is 66.8 cm³/mol. The number of anilines is 1. The zero-order valence-electron chi connectivity index (χ0n) is 9.96. The molecule has 0 radical (unpaired) electrons. The Kier molecular flexibility index (Phi) is 3.25. The summed E-state index contributed by atoms with van der Waals surface area (Å²) in [7, 11) is -2.98. The summed E-state index contributed by atoms with van der Waals surface area (Å²) in [5.41, 5.74) is 0.823. The third-order valence-corrected chi connectivity index (χ3v) is 4.50. The summed E-state index contributed by atoms with van der Waals surface area (Å²) in [6.45, 7) is 2.36. The van der Waals surface area contributed by atoms with Crippen LogP contribution in [0.25, 0.3) is 0 Å². The number of pyridine rings is 1. The van der Waals surface area contributed by atoms with E-state index in [1.165, 1.54) is 6.07 Å². The van der Waals surface area contributed by atoms with Gasteiger partial charge in [0.25, 0.3) is 0 Å². The number of sulfone groups is 1. The molecule has 0 aromatic carbocycles. The van der Waals surface area contributed by atoms with Crippen molar-refractivity contribution in [3.8, 4) is 0 Å². The quantitative estimate of drug-likeness (QED) is 0.833. The van der Waals surface area contributed by atoms with Gasteiger partial charge >= 0.3 is 5.97 Å². The second-order valence-electron chi connectivity index (χ2n) is 4.27. The van der Waals surface area contributed by atoms with E-state index in [0.29, 0.717) is 24.6 Å². The first-order chi connectivity index (χ1) is 8.39. The molecule has 0 bridgehead atoms. The lowest BCUT2D eigenvalue weighted by atomic mass is 10.2. The van der Waals surface area contributed by atoms with E-state index in [0.717, 1.165) is 0 Å². The Morgan fingerprint density at radius 3 is 2.50 bits per heavy atom. The maximum absolute atomic E-state index is 11.3. The van der Waals surface area contributed by atoms with Crippen LogP contribution in [0.4, 0.5) is 5.82 Å². The summed E-state index contributed by atoms with van der Waals surface area (Å²) in [6.07, 6.45) is 0. The Morgan fingerprint density at radius 2 is 1.94 bits per heavy atom. The Hall–Kier alpha value is -1.63. The molecule has 0 atom stereocenters. The highest BCUT2D eigenvalue weighted by molar-refractivity contribution is 7.91. The molecular weight excluding hydrogens is 256 g/mol. The van der Waals surface area contributed by atoms with Crippen LogP contribution in [0.15, 0.2) is 12.1 Å². The van der Waals surface area contributed by atoms with Crippen molar-refractivity contribution < 1.29 is 18.3 Å². The molecule has 1 saturated heterocycles. The molecule has 1 aliphatic rings. The van der Waals surface area contributed by atoms with E-state index in [-0.39, 0.29) is 17.1 Å². The van der Waals surface area contributed by atoms with E-state index < -0.39 is 15.8 Å². The van der Waals surface area contributed by atoms with Crippen LogP contribution in [-0.2, 0) is 9.84 Å². The molecule has 1 aliphatic heterocycles. The SMILES string of the molecule is Cc1ccc(C(=O)O)c(N2CCS(=O)(=O)CC2)n1. The molecule has 98 valence electrons. The van der Waals surface area contributed by atoms with Crippen LogP contribution in [0.2, 0.25) is 0 Å². The first-order valence-corrected chi connectivity index (χ1v) is 7.37. The monoisotopic (exact) mass is 270 g/mol. The van der Waals surface area contributed by atoms with Gasteiger partial charge in [-0.3, -0.25) is 0 Å². The van der Waals surface area contributed by atoms with Crippen molar-refractivity contribution in [2.45, 2.75) is 6.92 Å². The second-order valence-corrected chi connectivity index (χ2v) is 6.57. The molecule has 0 saturated carbocycles. The van der Waals surface area contributed by atoms with Gasteiger partial charge in [-0.1, -0.05) is 0 Å². The summed E-state index contributed by atoms with van der Waals surface area (Å²) in [6, 6.07) is 3.14. The summed E-state index contributed by atoms with van der Waals surface area (Å²) in [4.78, 5) is 17.1. The fourth-order valence-corrected chi connectivity index (χ4v) is 3.08. The molecule has 2 heterocycles. The third-order valence-electron chi connectivity index (χ3n) is 2.89. The highest BCUT2D eigenvalue weighted by atomic mass is 32.2. The van der Waals surface area contributed by atoms with Crippen LogP contribution < -0.4 is 4.90 Å². The second kappa shape index (κ2) is 4.56. The summed E-state index contributed by atoms with van der Waals surface area (Å²) in [5.74, 6) is -0.605. The van der Waals surface area contributed by atoms with Gasteiger partial charge in [0.2, 0.25) is 0 Å². The van der Waals surface area contributed by atoms with E-state index in [1.54, 1.807) is 17.9 Å². The van der Waals surface area contributed by atoms with Gasteiger partial charge in [0.1, 0.15) is 11.4 Å². The molecule has 7 heteroatoms. The van der Waals surface area contributed by atoms with Crippen molar-refractivity contribution in [3.05, 3.63) is 23.4 Å². The molecule has 0 spiro atoms. The van der Waals surface area contributed by atoms with Crippen LogP contribution in [0.1, 0.15) is 16.1 Å². The minimum absolute atomic E-state index is 0.0433. The van der Waals surface area contributed by atoms with E-state index >= 15 is 0 Å². The average Bonchev–Trinajstić information content (AvgIpc) is 2.28. The first kappa shape index (κ1) is 12.8. The van der Waals surface area contributed by atoms with Crippen molar-refractivity contribution >= 4 is 21.6 Å². The molecule has 1 aromatic heterocycles. The van der Waals surface area contributed by atoms with Gasteiger partial charge in [-0.2, -0.15) is 0 Å². The lowest BCUT2D eigenvalue weighted by Gasteiger charge is -2.28. The fraction of sp³-hybridized carbons (Fsp3) is 0.455. The van der Waals surface area contributed by atoms with Gasteiger partial charge in [0, 0.05) is 18.8 Å². The van der Waals surface area contributed by atoms with Gasteiger partial charge < -0.3 is 10.0 Å². The maximum Gasteiger partial charge on any atom is 0.339 e. The summed E-state index contributed by atoms with van der Waals surface area (Å²) < 4.78 is 22.7. The van der Waals surface area contributed by atoms with Crippen LogP contribution >= 0.6 is 0 Å². The zero-order valence-corrected chi connectivity index (χ0v) is 10.8. The molecule has 0 aliphatic carbocycles. The Bertz CT molecular complexity index is 569. The molecular formula is C11H14N2O4S. The maximum atomic E-state index is 11.3.